The smallest absolute Gasteiger partial charge is 0.143 e. The number of hydrogen-bond acceptors (Lipinski definition) is 2. The van der Waals surface area contributed by atoms with Crippen molar-refractivity contribution in [2.75, 3.05) is 0 Å². The van der Waals surface area contributed by atoms with Crippen LogP contribution >= 0.6 is 0 Å². The summed E-state index contributed by atoms with van der Waals surface area (Å²) in [4.78, 5) is 0. The molecule has 0 spiro atoms. The third-order valence-electron chi connectivity index (χ3n) is 12.2. The number of benzene rings is 11. The molecule has 0 saturated heterocycles. The highest BCUT2D eigenvalue weighted by Crippen LogP contribution is 2.51. The van der Waals surface area contributed by atoms with Crippen molar-refractivity contribution in [3.8, 4) is 56.0 Å². The van der Waals surface area contributed by atoms with E-state index >= 15 is 0 Å². The first-order chi connectivity index (χ1) is 27.7. The van der Waals surface area contributed by atoms with E-state index < -0.39 is 0 Å². The van der Waals surface area contributed by atoms with Crippen LogP contribution in [-0.2, 0) is 0 Å². The van der Waals surface area contributed by atoms with Crippen molar-refractivity contribution in [1.29, 1.82) is 0 Å². The van der Waals surface area contributed by atoms with Gasteiger partial charge in [-0.2, -0.15) is 0 Å². The fourth-order valence-electron chi connectivity index (χ4n) is 9.65. The van der Waals surface area contributed by atoms with Crippen LogP contribution in [-0.4, -0.2) is 0 Å². The summed E-state index contributed by atoms with van der Waals surface area (Å²) in [6.45, 7) is 0. The zero-order chi connectivity index (χ0) is 36.5. The van der Waals surface area contributed by atoms with Crippen molar-refractivity contribution < 1.29 is 9.15 Å². The highest BCUT2D eigenvalue weighted by molar-refractivity contribution is 6.28. The zero-order valence-corrected chi connectivity index (χ0v) is 30.1. The van der Waals surface area contributed by atoms with Gasteiger partial charge in [0.1, 0.15) is 22.7 Å². The van der Waals surface area contributed by atoms with Crippen LogP contribution in [0.3, 0.4) is 0 Å². The molecule has 0 fully saturated rings. The number of para-hydroxylation sites is 1. The number of furan rings is 1. The summed E-state index contributed by atoms with van der Waals surface area (Å²) in [5.41, 5.74) is 11.0. The van der Waals surface area contributed by atoms with E-state index in [1.165, 1.54) is 65.5 Å². The lowest BCUT2D eigenvalue weighted by Gasteiger charge is -2.22. The Bertz CT molecular complexity index is 3590. The molecule has 0 bridgehead atoms. The molecule has 258 valence electrons. The fourth-order valence-corrected chi connectivity index (χ4v) is 9.65. The number of ether oxygens (including phenoxy) is 1. The van der Waals surface area contributed by atoms with Gasteiger partial charge in [0.2, 0.25) is 0 Å². The predicted molar refractivity (Wildman–Crippen MR) is 234 cm³/mol. The Kier molecular flexibility index (Phi) is 5.92. The molecule has 56 heavy (non-hydrogen) atoms. The second-order valence-corrected chi connectivity index (χ2v) is 15.1. The van der Waals surface area contributed by atoms with Gasteiger partial charge >= 0.3 is 0 Å². The topological polar surface area (TPSA) is 22.4 Å². The van der Waals surface area contributed by atoms with Gasteiger partial charge in [0.25, 0.3) is 0 Å². The fraction of sp³-hybridized carbons (Fsp3) is 0. The largest absolute Gasteiger partial charge is 0.456 e. The molecular weight excluding hydrogens is 681 g/mol. The summed E-state index contributed by atoms with van der Waals surface area (Å²) in [6, 6.07) is 66.0. The number of rotatable bonds is 3. The van der Waals surface area contributed by atoms with Crippen molar-refractivity contribution >= 4 is 75.8 Å². The molecule has 2 heteroatoms. The van der Waals surface area contributed by atoms with E-state index in [4.69, 9.17) is 9.15 Å². The lowest BCUT2D eigenvalue weighted by atomic mass is 9.86. The molecule has 0 radical (unpaired) electrons. The first kappa shape index (κ1) is 30.0. The van der Waals surface area contributed by atoms with Crippen LogP contribution < -0.4 is 4.74 Å². The average molecular weight is 711 g/mol. The Hall–Kier alpha value is -7.42. The molecule has 1 aliphatic heterocycles. The summed E-state index contributed by atoms with van der Waals surface area (Å²) >= 11 is 0. The molecule has 0 atom stereocenters. The SMILES string of the molecule is c1ccc(-c2ccc3cc4c(cc3c2)oc2c(-c3ccc5c6c(cccc36)-c3ccccc3O5)ccc(-c3ccc5ccc6cccc7ccc3c5c67)c24)cc1. The first-order valence-electron chi connectivity index (χ1n) is 19.2. The van der Waals surface area contributed by atoms with Gasteiger partial charge in [-0.25, -0.2) is 0 Å². The standard InChI is InChI=1S/C54H30O2/c1-2-8-31(9-3-1)35-18-19-36-29-46-49(30-37(36)28-35)56-54-45(39-26-27-48-52-41(39)13-7-14-42(52)40-12-4-5-15-47(40)55-48)25-24-44(53(46)54)38-22-20-34-17-16-32-10-6-11-33-21-23-43(38)51(34)50(32)33/h1-30H. The summed E-state index contributed by atoms with van der Waals surface area (Å²) in [6.07, 6.45) is 0. The molecule has 1 aromatic heterocycles. The van der Waals surface area contributed by atoms with Crippen molar-refractivity contribution in [3.05, 3.63) is 182 Å². The Labute approximate surface area is 321 Å². The van der Waals surface area contributed by atoms with Gasteiger partial charge in [-0.05, 0) is 124 Å². The van der Waals surface area contributed by atoms with Gasteiger partial charge in [-0.3, -0.25) is 0 Å². The van der Waals surface area contributed by atoms with Crippen LogP contribution in [0.2, 0.25) is 0 Å². The van der Waals surface area contributed by atoms with E-state index in [-0.39, 0.29) is 0 Å². The Morgan fingerprint density at radius 1 is 0.286 bits per heavy atom. The molecule has 0 N–H and O–H groups in total. The quantitative estimate of drug-likeness (QED) is 0.170. The van der Waals surface area contributed by atoms with Gasteiger partial charge in [0.05, 0.1) is 0 Å². The van der Waals surface area contributed by atoms with Crippen molar-refractivity contribution in [3.63, 3.8) is 0 Å². The lowest BCUT2D eigenvalue weighted by molar-refractivity contribution is 0.487. The minimum absolute atomic E-state index is 0.879. The van der Waals surface area contributed by atoms with Gasteiger partial charge in [-0.1, -0.05) is 140 Å². The van der Waals surface area contributed by atoms with Crippen LogP contribution in [0, 0.1) is 0 Å². The molecule has 1 aliphatic rings. The summed E-state index contributed by atoms with van der Waals surface area (Å²) in [5, 5.41) is 14.5. The van der Waals surface area contributed by atoms with E-state index in [9.17, 15) is 0 Å². The Balaban J connectivity index is 1.12. The average Bonchev–Trinajstić information content (AvgIpc) is 3.63. The molecule has 0 aliphatic carbocycles. The normalized spacial score (nSPS) is 12.4. The van der Waals surface area contributed by atoms with Crippen LogP contribution in [0.25, 0.3) is 120 Å². The van der Waals surface area contributed by atoms with Gasteiger partial charge in [-0.15, -0.1) is 0 Å². The molecular formula is C54H30O2. The maximum absolute atomic E-state index is 7.15. The van der Waals surface area contributed by atoms with Crippen molar-refractivity contribution in [2.24, 2.45) is 0 Å². The minimum Gasteiger partial charge on any atom is -0.456 e. The first-order valence-corrected chi connectivity index (χ1v) is 19.2. The number of hydrogen-bond donors (Lipinski definition) is 0. The van der Waals surface area contributed by atoms with Gasteiger partial charge in [0.15, 0.2) is 0 Å². The maximum atomic E-state index is 7.15. The van der Waals surface area contributed by atoms with Crippen LogP contribution in [0.5, 0.6) is 11.5 Å². The van der Waals surface area contributed by atoms with Gasteiger partial charge in [0, 0.05) is 27.3 Å². The Morgan fingerprint density at radius 2 is 0.946 bits per heavy atom. The summed E-state index contributed by atoms with van der Waals surface area (Å²) in [7, 11) is 0. The second kappa shape index (κ2) is 11.1. The molecule has 2 heterocycles. The van der Waals surface area contributed by atoms with Crippen LogP contribution in [0.1, 0.15) is 0 Å². The van der Waals surface area contributed by atoms with Gasteiger partial charge < -0.3 is 9.15 Å². The molecule has 0 amide bonds. The van der Waals surface area contributed by atoms with Crippen LogP contribution in [0.4, 0.5) is 0 Å². The molecule has 2 nitrogen and oxygen atoms in total. The van der Waals surface area contributed by atoms with E-state index in [2.05, 4.69) is 170 Å². The van der Waals surface area contributed by atoms with Crippen molar-refractivity contribution in [1.82, 2.24) is 0 Å². The predicted octanol–water partition coefficient (Wildman–Crippen LogP) is 15.6. The monoisotopic (exact) mass is 710 g/mol. The third-order valence-corrected chi connectivity index (χ3v) is 12.2. The summed E-state index contributed by atoms with van der Waals surface area (Å²) in [5.74, 6) is 1.77. The summed E-state index contributed by atoms with van der Waals surface area (Å²) < 4.78 is 13.7. The highest BCUT2D eigenvalue weighted by atomic mass is 16.5. The third kappa shape index (κ3) is 4.10. The molecule has 13 rings (SSSR count). The molecule has 12 aromatic rings. The minimum atomic E-state index is 0.879. The van der Waals surface area contributed by atoms with E-state index in [0.717, 1.165) is 66.3 Å². The number of fused-ring (bicyclic) bond motifs is 6. The molecule has 0 unspecified atom stereocenters. The van der Waals surface area contributed by atoms with E-state index in [1.54, 1.807) is 0 Å². The zero-order valence-electron chi connectivity index (χ0n) is 30.1. The van der Waals surface area contributed by atoms with Crippen molar-refractivity contribution in [2.45, 2.75) is 0 Å². The van der Waals surface area contributed by atoms with Crippen LogP contribution in [0.15, 0.2) is 186 Å². The molecule has 11 aromatic carbocycles. The molecule has 0 saturated carbocycles. The lowest BCUT2D eigenvalue weighted by Crippen LogP contribution is -1.97. The highest BCUT2D eigenvalue weighted by Gasteiger charge is 2.25. The van der Waals surface area contributed by atoms with E-state index in [1.807, 2.05) is 12.1 Å². The van der Waals surface area contributed by atoms with E-state index in [0.29, 0.717) is 0 Å². The maximum Gasteiger partial charge on any atom is 0.143 e. The Morgan fingerprint density at radius 3 is 1.86 bits per heavy atom. The second-order valence-electron chi connectivity index (χ2n) is 15.1.